The summed E-state index contributed by atoms with van der Waals surface area (Å²) in [6.45, 7) is -0.974. The molecule has 0 spiro atoms. The molecule has 2 aromatic carbocycles. The monoisotopic (exact) mass is 390 g/mol. The second-order valence-electron chi connectivity index (χ2n) is 6.42. The Labute approximate surface area is 161 Å². The van der Waals surface area contributed by atoms with Crippen LogP contribution < -0.4 is 14.2 Å². The summed E-state index contributed by atoms with van der Waals surface area (Å²) < 4.78 is 16.5. The zero-order chi connectivity index (χ0) is 20.4. The highest BCUT2D eigenvalue weighted by Crippen LogP contribution is 2.51. The van der Waals surface area contributed by atoms with Crippen molar-refractivity contribution in [2.24, 2.45) is 0 Å². The minimum Gasteiger partial charge on any atom is -0.504 e. The van der Waals surface area contributed by atoms with Crippen molar-refractivity contribution in [3.05, 3.63) is 47.0 Å². The quantitative estimate of drug-likeness (QED) is 0.519. The minimum atomic E-state index is -1.55. The van der Waals surface area contributed by atoms with Gasteiger partial charge in [0.2, 0.25) is 0 Å². The van der Waals surface area contributed by atoms with E-state index >= 15 is 0 Å². The first-order chi connectivity index (χ1) is 13.4. The van der Waals surface area contributed by atoms with E-state index < -0.39 is 30.5 Å². The van der Waals surface area contributed by atoms with Gasteiger partial charge in [-0.2, -0.15) is 0 Å². The maximum absolute atomic E-state index is 12.3. The number of phenolic OH excluding ortho intramolecular Hbond substituents is 1. The van der Waals surface area contributed by atoms with Crippen LogP contribution in [0.5, 0.6) is 23.0 Å². The number of methoxy groups -OCH3 is 2. The average Bonchev–Trinajstić information content (AvgIpc) is 3.10. The lowest BCUT2D eigenvalue weighted by molar-refractivity contribution is 0.0587. The molecule has 0 aromatic heterocycles. The number of ketones is 1. The fourth-order valence-electron chi connectivity index (χ4n) is 3.33. The van der Waals surface area contributed by atoms with Gasteiger partial charge in [0.05, 0.1) is 33.4 Å². The van der Waals surface area contributed by atoms with Crippen molar-refractivity contribution >= 4 is 5.78 Å². The van der Waals surface area contributed by atoms with Crippen molar-refractivity contribution < 1.29 is 39.4 Å². The van der Waals surface area contributed by atoms with Gasteiger partial charge in [-0.05, 0) is 29.8 Å². The second kappa shape index (κ2) is 8.05. The van der Waals surface area contributed by atoms with Gasteiger partial charge < -0.3 is 34.6 Å². The van der Waals surface area contributed by atoms with Gasteiger partial charge in [0, 0.05) is 11.1 Å². The molecule has 4 N–H and O–H groups in total. The number of carbonyl (C=O) groups is 1. The molecule has 0 bridgehead atoms. The molecule has 1 heterocycles. The zero-order valence-corrected chi connectivity index (χ0v) is 15.5. The molecule has 0 fully saturated rings. The summed E-state index contributed by atoms with van der Waals surface area (Å²) in [7, 11) is 2.85. The number of ether oxygens (including phenoxy) is 3. The molecule has 0 saturated heterocycles. The SMILES string of the molecule is COc1cc([C@@H]2Oc3c(OC)cc(C(=O)[C@H](O)CO)cc3[C@H]2CO)ccc1O. The molecule has 150 valence electrons. The number of hydrogen-bond donors (Lipinski definition) is 4. The van der Waals surface area contributed by atoms with Crippen molar-refractivity contribution in [3.8, 4) is 23.0 Å². The van der Waals surface area contributed by atoms with E-state index in [1.165, 1.54) is 32.4 Å². The van der Waals surface area contributed by atoms with Gasteiger partial charge in [0.1, 0.15) is 12.2 Å². The van der Waals surface area contributed by atoms with Crippen LogP contribution >= 0.6 is 0 Å². The van der Waals surface area contributed by atoms with Crippen molar-refractivity contribution in [1.29, 1.82) is 0 Å². The van der Waals surface area contributed by atoms with Gasteiger partial charge in [-0.1, -0.05) is 6.07 Å². The number of hydrogen-bond acceptors (Lipinski definition) is 8. The topological polar surface area (TPSA) is 126 Å². The van der Waals surface area contributed by atoms with E-state index in [-0.39, 0.29) is 29.4 Å². The van der Waals surface area contributed by atoms with Crippen LogP contribution in [0.2, 0.25) is 0 Å². The standard InChI is InChI=1S/C20H22O8/c1-26-16-6-10(3-4-14(16)23)19-13(8-21)12-5-11(18(25)15(24)9-22)7-17(27-2)20(12)28-19/h3-7,13,15,19,21-24H,8-9H2,1-2H3/t13-,15-,19+/m1/s1. The molecular formula is C20H22O8. The summed E-state index contributed by atoms with van der Waals surface area (Å²) >= 11 is 0. The summed E-state index contributed by atoms with van der Waals surface area (Å²) in [6, 6.07) is 7.69. The van der Waals surface area contributed by atoms with Crippen LogP contribution in [0.1, 0.15) is 33.5 Å². The van der Waals surface area contributed by atoms with Crippen molar-refractivity contribution in [3.63, 3.8) is 0 Å². The lowest BCUT2D eigenvalue weighted by Crippen LogP contribution is -2.24. The third-order valence-electron chi connectivity index (χ3n) is 4.80. The van der Waals surface area contributed by atoms with E-state index in [2.05, 4.69) is 0 Å². The zero-order valence-electron chi connectivity index (χ0n) is 15.5. The maximum atomic E-state index is 12.3. The maximum Gasteiger partial charge on any atom is 0.193 e. The molecule has 0 unspecified atom stereocenters. The second-order valence-corrected chi connectivity index (χ2v) is 6.42. The number of carbonyl (C=O) groups excluding carboxylic acids is 1. The lowest BCUT2D eigenvalue weighted by atomic mass is 9.89. The summed E-state index contributed by atoms with van der Waals surface area (Å²) in [4.78, 5) is 12.3. The van der Waals surface area contributed by atoms with Crippen LogP contribution in [0.3, 0.4) is 0 Å². The number of Topliss-reactive ketones (excluding diaryl/α,β-unsaturated/α-hetero) is 1. The molecule has 0 radical (unpaired) electrons. The highest BCUT2D eigenvalue weighted by atomic mass is 16.5. The first-order valence-corrected chi connectivity index (χ1v) is 8.64. The smallest absolute Gasteiger partial charge is 0.193 e. The van der Waals surface area contributed by atoms with Gasteiger partial charge in [-0.3, -0.25) is 4.79 Å². The van der Waals surface area contributed by atoms with Gasteiger partial charge in [0.25, 0.3) is 0 Å². The molecule has 8 nitrogen and oxygen atoms in total. The van der Waals surface area contributed by atoms with Gasteiger partial charge in [-0.25, -0.2) is 0 Å². The molecule has 8 heteroatoms. The molecule has 0 saturated carbocycles. The van der Waals surface area contributed by atoms with Gasteiger partial charge in [-0.15, -0.1) is 0 Å². The third kappa shape index (κ3) is 3.37. The van der Waals surface area contributed by atoms with E-state index in [1.807, 2.05) is 0 Å². The first-order valence-electron chi connectivity index (χ1n) is 8.64. The van der Waals surface area contributed by atoms with Crippen LogP contribution in [0.4, 0.5) is 0 Å². The molecular weight excluding hydrogens is 368 g/mol. The van der Waals surface area contributed by atoms with Crippen molar-refractivity contribution in [1.82, 2.24) is 0 Å². The van der Waals surface area contributed by atoms with Crippen LogP contribution in [-0.4, -0.2) is 59.7 Å². The molecule has 0 aliphatic carbocycles. The molecule has 2 aromatic rings. The fourth-order valence-corrected chi connectivity index (χ4v) is 3.33. The molecule has 3 rings (SSSR count). The van der Waals surface area contributed by atoms with Crippen LogP contribution in [0.15, 0.2) is 30.3 Å². The highest BCUT2D eigenvalue weighted by Gasteiger charge is 2.38. The molecule has 0 amide bonds. The van der Waals surface area contributed by atoms with E-state index in [9.17, 15) is 20.1 Å². The number of fused-ring (bicyclic) bond motifs is 1. The third-order valence-corrected chi connectivity index (χ3v) is 4.80. The molecule has 3 atom stereocenters. The van der Waals surface area contributed by atoms with E-state index in [4.69, 9.17) is 19.3 Å². The average molecular weight is 390 g/mol. The predicted molar refractivity (Wildman–Crippen MR) is 98.3 cm³/mol. The normalized spacial score (nSPS) is 18.9. The van der Waals surface area contributed by atoms with Crippen molar-refractivity contribution in [2.75, 3.05) is 27.4 Å². The molecule has 28 heavy (non-hydrogen) atoms. The number of phenols is 1. The number of aliphatic hydroxyl groups is 3. The Hall–Kier alpha value is -2.81. The number of benzene rings is 2. The lowest BCUT2D eigenvalue weighted by Gasteiger charge is -2.18. The van der Waals surface area contributed by atoms with Gasteiger partial charge >= 0.3 is 0 Å². The van der Waals surface area contributed by atoms with Crippen molar-refractivity contribution in [2.45, 2.75) is 18.1 Å². The van der Waals surface area contributed by atoms with E-state index in [0.717, 1.165) is 0 Å². The Morgan fingerprint density at radius 2 is 1.86 bits per heavy atom. The number of aliphatic hydroxyl groups excluding tert-OH is 3. The van der Waals surface area contributed by atoms with Gasteiger partial charge in [0.15, 0.2) is 28.8 Å². The van der Waals surface area contributed by atoms with Crippen LogP contribution in [0, 0.1) is 0 Å². The number of rotatable bonds is 7. The Morgan fingerprint density at radius 1 is 1.14 bits per heavy atom. The van der Waals surface area contributed by atoms with Crippen LogP contribution in [0.25, 0.3) is 0 Å². The van der Waals surface area contributed by atoms with E-state index in [0.29, 0.717) is 16.9 Å². The fraction of sp³-hybridized carbons (Fsp3) is 0.350. The van der Waals surface area contributed by atoms with E-state index in [1.54, 1.807) is 12.1 Å². The molecule has 1 aliphatic heterocycles. The predicted octanol–water partition coefficient (Wildman–Crippen LogP) is 1.15. The Kier molecular flexibility index (Phi) is 5.73. The largest absolute Gasteiger partial charge is 0.504 e. The minimum absolute atomic E-state index is 0.0224. The van der Waals surface area contributed by atoms with Crippen LogP contribution in [-0.2, 0) is 0 Å². The Bertz CT molecular complexity index is 879. The summed E-state index contributed by atoms with van der Waals surface area (Å²) in [5.74, 6) is -0.271. The summed E-state index contributed by atoms with van der Waals surface area (Å²) in [5.41, 5.74) is 1.35. The first kappa shape index (κ1) is 19.9. The Balaban J connectivity index is 2.06. The molecule has 1 aliphatic rings. The summed E-state index contributed by atoms with van der Waals surface area (Å²) in [6.07, 6.45) is -2.15. The summed E-state index contributed by atoms with van der Waals surface area (Å²) in [5, 5.41) is 38.5. The number of aromatic hydroxyl groups is 1. The highest BCUT2D eigenvalue weighted by molar-refractivity contribution is 6.00. The Morgan fingerprint density at radius 3 is 2.46 bits per heavy atom.